The fourth-order valence-corrected chi connectivity index (χ4v) is 5.04. The van der Waals surface area contributed by atoms with Crippen molar-refractivity contribution >= 4 is 38.9 Å². The number of carbonyl (C=O) groups excluding carboxylic acids is 1. The first-order valence-electron chi connectivity index (χ1n) is 10.9. The van der Waals surface area contributed by atoms with Gasteiger partial charge < -0.3 is 14.5 Å². The van der Waals surface area contributed by atoms with Gasteiger partial charge in [0.15, 0.2) is 6.61 Å². The largest absolute Gasteiger partial charge is 0.483 e. The lowest BCUT2D eigenvalue weighted by atomic mass is 10.2. The van der Waals surface area contributed by atoms with Crippen LogP contribution in [-0.4, -0.2) is 52.0 Å². The lowest BCUT2D eigenvalue weighted by Crippen LogP contribution is -2.50. The molecule has 1 amide bonds. The van der Waals surface area contributed by atoms with Gasteiger partial charge in [-0.05, 0) is 67.1 Å². The third-order valence-corrected chi connectivity index (χ3v) is 7.29. The Morgan fingerprint density at radius 1 is 0.971 bits per heavy atom. The Morgan fingerprint density at radius 2 is 1.65 bits per heavy atom. The van der Waals surface area contributed by atoms with E-state index in [1.54, 1.807) is 42.2 Å². The number of benzene rings is 3. The van der Waals surface area contributed by atoms with Crippen LogP contribution < -0.4 is 14.4 Å². The Bertz CT molecular complexity index is 1240. The number of aryl methyl sites for hydroxylation is 1. The molecule has 3 aromatic rings. The van der Waals surface area contributed by atoms with Crippen molar-refractivity contribution in [3.05, 3.63) is 83.4 Å². The molecule has 7 nitrogen and oxygen atoms in total. The standard InChI is InChI=1S/C25H26ClN3O4S/c1-19-17-23(34(31,32)27-21-9-7-20(26)8-10-21)11-12-24(19)33-18-25(30)29-15-13-28(14-16-29)22-5-3-2-4-6-22/h2-12,17,27H,13-16,18H2,1H3. The molecule has 3 aromatic carbocycles. The van der Waals surface area contributed by atoms with Gasteiger partial charge in [-0.25, -0.2) is 8.42 Å². The summed E-state index contributed by atoms with van der Waals surface area (Å²) in [5.41, 5.74) is 2.20. The maximum absolute atomic E-state index is 12.7. The molecule has 1 fully saturated rings. The van der Waals surface area contributed by atoms with E-state index in [2.05, 4.69) is 21.8 Å². The number of para-hydroxylation sites is 1. The number of hydrogen-bond acceptors (Lipinski definition) is 5. The number of rotatable bonds is 7. The van der Waals surface area contributed by atoms with Gasteiger partial charge in [0.25, 0.3) is 15.9 Å². The summed E-state index contributed by atoms with van der Waals surface area (Å²) in [4.78, 5) is 16.8. The normalized spacial score (nSPS) is 14.1. The van der Waals surface area contributed by atoms with Crippen LogP contribution in [0.5, 0.6) is 5.75 Å². The number of piperazine rings is 1. The summed E-state index contributed by atoms with van der Waals surface area (Å²) in [7, 11) is -3.77. The summed E-state index contributed by atoms with van der Waals surface area (Å²) in [5, 5.41) is 0.521. The third kappa shape index (κ3) is 5.81. The molecule has 1 saturated heterocycles. The molecule has 9 heteroatoms. The first-order valence-corrected chi connectivity index (χ1v) is 12.8. The molecule has 1 aliphatic rings. The van der Waals surface area contributed by atoms with Gasteiger partial charge in [-0.2, -0.15) is 0 Å². The quantitative estimate of drug-likeness (QED) is 0.527. The highest BCUT2D eigenvalue weighted by atomic mass is 35.5. The number of nitrogens with zero attached hydrogens (tertiary/aromatic N) is 2. The second-order valence-electron chi connectivity index (χ2n) is 8.03. The zero-order valence-corrected chi connectivity index (χ0v) is 20.3. The molecule has 0 aliphatic carbocycles. The minimum Gasteiger partial charge on any atom is -0.483 e. The van der Waals surface area contributed by atoms with Crippen molar-refractivity contribution in [2.24, 2.45) is 0 Å². The summed E-state index contributed by atoms with van der Waals surface area (Å²) in [6.45, 7) is 4.44. The van der Waals surface area contributed by atoms with E-state index >= 15 is 0 Å². The highest BCUT2D eigenvalue weighted by Crippen LogP contribution is 2.24. The molecule has 34 heavy (non-hydrogen) atoms. The molecule has 0 atom stereocenters. The van der Waals surface area contributed by atoms with Gasteiger partial charge in [0, 0.05) is 42.6 Å². The van der Waals surface area contributed by atoms with Crippen molar-refractivity contribution in [2.75, 3.05) is 42.4 Å². The summed E-state index contributed by atoms with van der Waals surface area (Å²) >= 11 is 5.85. The van der Waals surface area contributed by atoms with E-state index in [-0.39, 0.29) is 17.4 Å². The Labute approximate surface area is 205 Å². The van der Waals surface area contributed by atoms with Crippen molar-refractivity contribution < 1.29 is 17.9 Å². The number of amides is 1. The van der Waals surface area contributed by atoms with Gasteiger partial charge in [0.2, 0.25) is 0 Å². The molecule has 4 rings (SSSR count). The van der Waals surface area contributed by atoms with Crippen LogP contribution in [-0.2, 0) is 14.8 Å². The molecular formula is C25H26ClN3O4S. The molecule has 178 valence electrons. The molecule has 0 aromatic heterocycles. The van der Waals surface area contributed by atoms with E-state index < -0.39 is 10.0 Å². The summed E-state index contributed by atoms with van der Waals surface area (Å²) in [5.74, 6) is 0.384. The maximum atomic E-state index is 12.7. The van der Waals surface area contributed by atoms with Crippen LogP contribution in [0.4, 0.5) is 11.4 Å². The number of nitrogens with one attached hydrogen (secondary N) is 1. The number of sulfonamides is 1. The third-order valence-electron chi connectivity index (χ3n) is 5.66. The Balaban J connectivity index is 1.32. The summed E-state index contributed by atoms with van der Waals surface area (Å²) < 4.78 is 33.7. The number of hydrogen-bond donors (Lipinski definition) is 1. The molecule has 0 saturated carbocycles. The Hall–Kier alpha value is -3.23. The average molecular weight is 500 g/mol. The van der Waals surface area contributed by atoms with E-state index in [0.717, 1.165) is 18.8 Å². The van der Waals surface area contributed by atoms with E-state index in [1.807, 2.05) is 18.2 Å². The predicted octanol–water partition coefficient (Wildman–Crippen LogP) is 4.18. The number of ether oxygens (including phenoxy) is 1. The second kappa shape index (κ2) is 10.4. The zero-order valence-electron chi connectivity index (χ0n) is 18.8. The van der Waals surface area contributed by atoms with Crippen molar-refractivity contribution in [1.82, 2.24) is 4.90 Å². The van der Waals surface area contributed by atoms with Crippen molar-refractivity contribution in [3.8, 4) is 5.75 Å². The smallest absolute Gasteiger partial charge is 0.261 e. The fourth-order valence-electron chi connectivity index (χ4n) is 3.77. The van der Waals surface area contributed by atoms with E-state index in [4.69, 9.17) is 16.3 Å². The van der Waals surface area contributed by atoms with Crippen LogP contribution in [0.25, 0.3) is 0 Å². The zero-order chi connectivity index (χ0) is 24.1. The summed E-state index contributed by atoms with van der Waals surface area (Å²) in [6.07, 6.45) is 0. The minimum atomic E-state index is -3.77. The highest BCUT2D eigenvalue weighted by molar-refractivity contribution is 7.92. The topological polar surface area (TPSA) is 78.9 Å². The monoisotopic (exact) mass is 499 g/mol. The first-order chi connectivity index (χ1) is 16.3. The van der Waals surface area contributed by atoms with Crippen LogP contribution in [0.1, 0.15) is 5.56 Å². The van der Waals surface area contributed by atoms with Crippen LogP contribution in [0.3, 0.4) is 0 Å². The molecule has 1 heterocycles. The predicted molar refractivity (Wildman–Crippen MR) is 134 cm³/mol. The average Bonchev–Trinajstić information content (AvgIpc) is 2.85. The highest BCUT2D eigenvalue weighted by Gasteiger charge is 2.22. The van der Waals surface area contributed by atoms with Gasteiger partial charge in [-0.3, -0.25) is 9.52 Å². The Kier molecular flexibility index (Phi) is 7.29. The van der Waals surface area contributed by atoms with E-state index in [1.165, 1.54) is 12.1 Å². The fraction of sp³-hybridized carbons (Fsp3) is 0.240. The minimum absolute atomic E-state index is 0.0896. The first kappa shape index (κ1) is 23.9. The van der Waals surface area contributed by atoms with E-state index in [9.17, 15) is 13.2 Å². The van der Waals surface area contributed by atoms with Crippen LogP contribution >= 0.6 is 11.6 Å². The van der Waals surface area contributed by atoms with E-state index in [0.29, 0.717) is 35.1 Å². The van der Waals surface area contributed by atoms with Crippen molar-refractivity contribution in [2.45, 2.75) is 11.8 Å². The molecule has 1 N–H and O–H groups in total. The van der Waals surface area contributed by atoms with Gasteiger partial charge in [-0.1, -0.05) is 29.8 Å². The molecular weight excluding hydrogens is 474 g/mol. The second-order valence-corrected chi connectivity index (χ2v) is 10.2. The van der Waals surface area contributed by atoms with Gasteiger partial charge in [0.1, 0.15) is 5.75 Å². The van der Waals surface area contributed by atoms with Crippen LogP contribution in [0.2, 0.25) is 5.02 Å². The van der Waals surface area contributed by atoms with Crippen LogP contribution in [0.15, 0.2) is 77.7 Å². The van der Waals surface area contributed by atoms with Crippen molar-refractivity contribution in [3.63, 3.8) is 0 Å². The van der Waals surface area contributed by atoms with Crippen LogP contribution in [0, 0.1) is 6.92 Å². The SMILES string of the molecule is Cc1cc(S(=O)(=O)Nc2ccc(Cl)cc2)ccc1OCC(=O)N1CCN(c2ccccc2)CC1. The molecule has 0 radical (unpaired) electrons. The number of halogens is 1. The molecule has 0 bridgehead atoms. The van der Waals surface area contributed by atoms with Gasteiger partial charge in [0.05, 0.1) is 4.90 Å². The lowest BCUT2D eigenvalue weighted by molar-refractivity contribution is -0.133. The summed E-state index contributed by atoms with van der Waals surface area (Å²) in [6, 6.07) is 21.1. The van der Waals surface area contributed by atoms with Gasteiger partial charge in [-0.15, -0.1) is 0 Å². The lowest BCUT2D eigenvalue weighted by Gasteiger charge is -2.36. The molecule has 0 spiro atoms. The molecule has 1 aliphatic heterocycles. The van der Waals surface area contributed by atoms with Gasteiger partial charge >= 0.3 is 0 Å². The maximum Gasteiger partial charge on any atom is 0.261 e. The Morgan fingerprint density at radius 3 is 2.29 bits per heavy atom. The van der Waals surface area contributed by atoms with Crippen molar-refractivity contribution in [1.29, 1.82) is 0 Å². The molecule has 0 unspecified atom stereocenters. The number of carbonyl (C=O) groups is 1. The number of anilines is 2.